The maximum absolute atomic E-state index is 5.99. The summed E-state index contributed by atoms with van der Waals surface area (Å²) < 4.78 is 5.99. The topological polar surface area (TPSA) is 48.9 Å². The fraction of sp³-hybridized carbons (Fsp3) is 0.667. The van der Waals surface area contributed by atoms with E-state index in [1.54, 1.807) is 0 Å². The van der Waals surface area contributed by atoms with Gasteiger partial charge in [0.25, 0.3) is 0 Å². The maximum Gasteiger partial charge on any atom is 0.191 e. The summed E-state index contributed by atoms with van der Waals surface area (Å²) in [5.74, 6) is 1.90. The van der Waals surface area contributed by atoms with Gasteiger partial charge in [-0.15, -0.1) is 24.0 Å². The molecule has 1 aliphatic heterocycles. The molecular formula is C21H37IN4O. The largest absolute Gasteiger partial charge is 0.488 e. The molecule has 0 saturated heterocycles. The molecule has 1 heterocycles. The molecule has 1 aliphatic rings. The van der Waals surface area contributed by atoms with Crippen LogP contribution < -0.4 is 15.4 Å². The Morgan fingerprint density at radius 3 is 2.67 bits per heavy atom. The molecule has 1 aromatic rings. The maximum atomic E-state index is 5.99. The number of fused-ring (bicyclic) bond motifs is 1. The number of nitrogens with one attached hydrogen (secondary N) is 2. The van der Waals surface area contributed by atoms with Gasteiger partial charge < -0.3 is 20.3 Å². The minimum Gasteiger partial charge on any atom is -0.488 e. The summed E-state index contributed by atoms with van der Waals surface area (Å²) in [4.78, 5) is 7.23. The molecule has 0 amide bonds. The van der Waals surface area contributed by atoms with Crippen molar-refractivity contribution in [2.75, 3.05) is 32.7 Å². The van der Waals surface area contributed by atoms with Crippen molar-refractivity contribution in [1.82, 2.24) is 15.5 Å². The second-order valence-corrected chi connectivity index (χ2v) is 6.99. The molecule has 2 rings (SSSR count). The zero-order valence-electron chi connectivity index (χ0n) is 17.3. The van der Waals surface area contributed by atoms with Crippen molar-refractivity contribution in [3.63, 3.8) is 0 Å². The predicted octanol–water partition coefficient (Wildman–Crippen LogP) is 3.67. The molecule has 1 aromatic carbocycles. The number of ether oxygens (including phenoxy) is 1. The average Bonchev–Trinajstić information content (AvgIpc) is 3.06. The highest BCUT2D eigenvalue weighted by molar-refractivity contribution is 14.0. The van der Waals surface area contributed by atoms with Crippen molar-refractivity contribution in [2.45, 2.75) is 59.1 Å². The van der Waals surface area contributed by atoms with E-state index in [-0.39, 0.29) is 30.1 Å². The SMILES string of the molecule is CCNC(=NCC1Cc2ccccc2O1)NC(C)CCCN(CC)CC.I. The summed E-state index contributed by atoms with van der Waals surface area (Å²) in [5.41, 5.74) is 1.29. The van der Waals surface area contributed by atoms with Crippen LogP contribution in [0.15, 0.2) is 29.3 Å². The fourth-order valence-corrected chi connectivity index (χ4v) is 3.34. The molecule has 154 valence electrons. The summed E-state index contributed by atoms with van der Waals surface area (Å²) in [5, 5.41) is 6.89. The molecule has 2 atom stereocenters. The zero-order chi connectivity index (χ0) is 18.8. The molecule has 27 heavy (non-hydrogen) atoms. The van der Waals surface area contributed by atoms with Crippen LogP contribution in [0.25, 0.3) is 0 Å². The van der Waals surface area contributed by atoms with Crippen LogP contribution in [0, 0.1) is 0 Å². The molecular weight excluding hydrogens is 451 g/mol. The van der Waals surface area contributed by atoms with Crippen molar-refractivity contribution in [3.05, 3.63) is 29.8 Å². The van der Waals surface area contributed by atoms with Crippen LogP contribution >= 0.6 is 24.0 Å². The van der Waals surface area contributed by atoms with Gasteiger partial charge in [0.1, 0.15) is 11.9 Å². The molecule has 0 radical (unpaired) electrons. The highest BCUT2D eigenvalue weighted by Gasteiger charge is 2.22. The van der Waals surface area contributed by atoms with Crippen molar-refractivity contribution in [2.24, 2.45) is 4.99 Å². The van der Waals surface area contributed by atoms with Gasteiger partial charge in [-0.25, -0.2) is 4.99 Å². The van der Waals surface area contributed by atoms with Gasteiger partial charge in [0.05, 0.1) is 6.54 Å². The first kappa shape index (κ1) is 24.0. The van der Waals surface area contributed by atoms with Crippen LogP contribution in [0.4, 0.5) is 0 Å². The molecule has 0 spiro atoms. The summed E-state index contributed by atoms with van der Waals surface area (Å²) in [6, 6.07) is 8.68. The lowest BCUT2D eigenvalue weighted by Crippen LogP contribution is -2.43. The first-order valence-electron chi connectivity index (χ1n) is 10.2. The van der Waals surface area contributed by atoms with Crippen molar-refractivity contribution in [1.29, 1.82) is 0 Å². The number of rotatable bonds is 10. The lowest BCUT2D eigenvalue weighted by Gasteiger charge is -2.21. The first-order chi connectivity index (χ1) is 12.7. The number of aliphatic imine (C=N–C) groups is 1. The Hall–Kier alpha value is -1.02. The monoisotopic (exact) mass is 488 g/mol. The van der Waals surface area contributed by atoms with Crippen LogP contribution in [-0.4, -0.2) is 55.7 Å². The fourth-order valence-electron chi connectivity index (χ4n) is 3.34. The van der Waals surface area contributed by atoms with Crippen LogP contribution in [0.1, 0.15) is 46.1 Å². The van der Waals surface area contributed by atoms with Gasteiger partial charge in [0.2, 0.25) is 0 Å². The first-order valence-corrected chi connectivity index (χ1v) is 10.2. The Kier molecular flexibility index (Phi) is 11.7. The minimum absolute atomic E-state index is 0. The van der Waals surface area contributed by atoms with E-state index in [9.17, 15) is 0 Å². The van der Waals surface area contributed by atoms with Crippen LogP contribution in [0.2, 0.25) is 0 Å². The van der Waals surface area contributed by atoms with E-state index in [1.165, 1.54) is 18.5 Å². The van der Waals surface area contributed by atoms with Crippen molar-refractivity contribution < 1.29 is 4.74 Å². The number of halogens is 1. The molecule has 0 saturated carbocycles. The molecule has 6 heteroatoms. The third-order valence-electron chi connectivity index (χ3n) is 4.90. The highest BCUT2D eigenvalue weighted by Crippen LogP contribution is 2.28. The highest BCUT2D eigenvalue weighted by atomic mass is 127. The standard InChI is InChI=1S/C21H36N4O.HI/c1-5-22-21(24-17(4)11-10-14-25(6-2)7-3)23-16-19-15-18-12-8-9-13-20(18)26-19;/h8-9,12-13,17,19H,5-7,10-11,14-16H2,1-4H3,(H2,22,23,24);1H. The van der Waals surface area contributed by atoms with Gasteiger partial charge in [-0.05, 0) is 58.0 Å². The lowest BCUT2D eigenvalue weighted by atomic mass is 10.1. The number of hydrogen-bond donors (Lipinski definition) is 2. The van der Waals surface area contributed by atoms with Gasteiger partial charge >= 0.3 is 0 Å². The minimum atomic E-state index is 0. The molecule has 0 fully saturated rings. The van der Waals surface area contributed by atoms with E-state index in [1.807, 2.05) is 12.1 Å². The quantitative estimate of drug-likeness (QED) is 0.300. The Labute approximate surface area is 182 Å². The van der Waals surface area contributed by atoms with E-state index in [0.29, 0.717) is 12.6 Å². The van der Waals surface area contributed by atoms with E-state index < -0.39 is 0 Å². The molecule has 0 aromatic heterocycles. The number of nitrogens with zero attached hydrogens (tertiary/aromatic N) is 2. The second-order valence-electron chi connectivity index (χ2n) is 6.99. The summed E-state index contributed by atoms with van der Waals surface area (Å²) in [6.45, 7) is 13.8. The third kappa shape index (κ3) is 8.25. The average molecular weight is 488 g/mol. The van der Waals surface area contributed by atoms with Crippen LogP contribution in [0.3, 0.4) is 0 Å². The van der Waals surface area contributed by atoms with E-state index in [0.717, 1.165) is 44.2 Å². The smallest absolute Gasteiger partial charge is 0.191 e. The van der Waals surface area contributed by atoms with Gasteiger partial charge in [0, 0.05) is 19.0 Å². The lowest BCUT2D eigenvalue weighted by molar-refractivity contribution is 0.241. The molecule has 5 nitrogen and oxygen atoms in total. The van der Waals surface area contributed by atoms with Crippen molar-refractivity contribution in [3.8, 4) is 5.75 Å². The zero-order valence-corrected chi connectivity index (χ0v) is 19.7. The molecule has 0 bridgehead atoms. The van der Waals surface area contributed by atoms with Gasteiger partial charge in [-0.2, -0.15) is 0 Å². The molecule has 2 N–H and O–H groups in total. The van der Waals surface area contributed by atoms with Gasteiger partial charge in [0.15, 0.2) is 5.96 Å². The Morgan fingerprint density at radius 2 is 2.00 bits per heavy atom. The van der Waals surface area contributed by atoms with Gasteiger partial charge in [-0.1, -0.05) is 32.0 Å². The molecule has 2 unspecified atom stereocenters. The number of para-hydroxylation sites is 1. The Bertz CT molecular complexity index is 538. The predicted molar refractivity (Wildman–Crippen MR) is 126 cm³/mol. The molecule has 0 aliphatic carbocycles. The summed E-state index contributed by atoms with van der Waals surface area (Å²) in [6.07, 6.45) is 3.43. The van der Waals surface area contributed by atoms with Crippen molar-refractivity contribution >= 4 is 29.9 Å². The second kappa shape index (κ2) is 13.2. The number of hydrogen-bond acceptors (Lipinski definition) is 3. The Morgan fingerprint density at radius 1 is 1.26 bits per heavy atom. The van der Waals surface area contributed by atoms with Crippen LogP contribution in [-0.2, 0) is 6.42 Å². The van der Waals surface area contributed by atoms with Crippen LogP contribution in [0.5, 0.6) is 5.75 Å². The normalized spacial score (nSPS) is 17.1. The number of guanidine groups is 1. The van der Waals surface area contributed by atoms with Gasteiger partial charge in [-0.3, -0.25) is 0 Å². The number of benzene rings is 1. The summed E-state index contributed by atoms with van der Waals surface area (Å²) in [7, 11) is 0. The van der Waals surface area contributed by atoms with E-state index in [4.69, 9.17) is 9.73 Å². The van der Waals surface area contributed by atoms with E-state index >= 15 is 0 Å². The Balaban J connectivity index is 0.00000364. The third-order valence-corrected chi connectivity index (χ3v) is 4.90. The summed E-state index contributed by atoms with van der Waals surface area (Å²) >= 11 is 0. The van der Waals surface area contributed by atoms with E-state index in [2.05, 4.69) is 55.4 Å².